The number of halogens is 1. The first kappa shape index (κ1) is 12.9. The van der Waals surface area contributed by atoms with E-state index >= 15 is 0 Å². The van der Waals surface area contributed by atoms with Crippen LogP contribution < -0.4 is 0 Å². The van der Waals surface area contributed by atoms with E-state index in [1.807, 2.05) is 0 Å². The molecule has 0 aliphatic heterocycles. The standard InChI is InChI=1S/C14H19FO/c1-14(2,3)9-8-13(16)10-11-4-6-12(15)7-5-11/h4-7H,8-10H2,1-3H3. The van der Waals surface area contributed by atoms with Gasteiger partial charge in [0.05, 0.1) is 0 Å². The van der Waals surface area contributed by atoms with Crippen molar-refractivity contribution in [3.05, 3.63) is 35.6 Å². The highest BCUT2D eigenvalue weighted by atomic mass is 19.1. The van der Waals surface area contributed by atoms with Crippen LogP contribution in [0.15, 0.2) is 24.3 Å². The topological polar surface area (TPSA) is 17.1 Å². The lowest BCUT2D eigenvalue weighted by Crippen LogP contribution is -2.10. The lowest BCUT2D eigenvalue weighted by atomic mass is 9.89. The Kier molecular flexibility index (Phi) is 4.22. The fourth-order valence-electron chi connectivity index (χ4n) is 1.43. The molecule has 1 aromatic carbocycles. The van der Waals surface area contributed by atoms with Crippen molar-refractivity contribution in [3.8, 4) is 0 Å². The number of hydrogen-bond donors (Lipinski definition) is 0. The largest absolute Gasteiger partial charge is 0.299 e. The van der Waals surface area contributed by atoms with Crippen molar-refractivity contribution in [2.45, 2.75) is 40.0 Å². The molecule has 0 aliphatic carbocycles. The van der Waals surface area contributed by atoms with Gasteiger partial charge < -0.3 is 0 Å². The molecule has 2 heteroatoms. The molecule has 1 nitrogen and oxygen atoms in total. The van der Waals surface area contributed by atoms with Crippen molar-refractivity contribution in [1.82, 2.24) is 0 Å². The van der Waals surface area contributed by atoms with Crippen LogP contribution in [0.5, 0.6) is 0 Å². The van der Waals surface area contributed by atoms with E-state index in [2.05, 4.69) is 20.8 Å². The fourth-order valence-corrected chi connectivity index (χ4v) is 1.43. The van der Waals surface area contributed by atoms with Crippen LogP contribution in [0, 0.1) is 11.2 Å². The Hall–Kier alpha value is -1.18. The van der Waals surface area contributed by atoms with Crippen molar-refractivity contribution < 1.29 is 9.18 Å². The molecule has 0 spiro atoms. The number of Topliss-reactive ketones (excluding diaryl/α,β-unsaturated/α-hetero) is 1. The average Bonchev–Trinajstić information content (AvgIpc) is 2.18. The first-order valence-electron chi connectivity index (χ1n) is 5.63. The smallest absolute Gasteiger partial charge is 0.137 e. The van der Waals surface area contributed by atoms with Crippen LogP contribution in [0.4, 0.5) is 4.39 Å². The van der Waals surface area contributed by atoms with E-state index < -0.39 is 0 Å². The summed E-state index contributed by atoms with van der Waals surface area (Å²) in [5, 5.41) is 0. The van der Waals surface area contributed by atoms with Gasteiger partial charge in [0.15, 0.2) is 0 Å². The second-order valence-corrected chi connectivity index (χ2v) is 5.40. The van der Waals surface area contributed by atoms with Gasteiger partial charge in [-0.3, -0.25) is 4.79 Å². The maximum absolute atomic E-state index is 12.6. The van der Waals surface area contributed by atoms with Crippen LogP contribution >= 0.6 is 0 Å². The maximum Gasteiger partial charge on any atom is 0.137 e. The summed E-state index contributed by atoms with van der Waals surface area (Å²) in [5.41, 5.74) is 1.08. The van der Waals surface area contributed by atoms with Crippen LogP contribution in [0.25, 0.3) is 0 Å². The molecule has 0 aromatic heterocycles. The Labute approximate surface area is 96.7 Å². The first-order valence-corrected chi connectivity index (χ1v) is 5.63. The van der Waals surface area contributed by atoms with Gasteiger partial charge >= 0.3 is 0 Å². The highest BCUT2D eigenvalue weighted by Gasteiger charge is 2.13. The van der Waals surface area contributed by atoms with Gasteiger partial charge in [-0.2, -0.15) is 0 Å². The SMILES string of the molecule is CC(C)(C)CCC(=O)Cc1ccc(F)cc1. The summed E-state index contributed by atoms with van der Waals surface area (Å²) in [6.45, 7) is 6.37. The summed E-state index contributed by atoms with van der Waals surface area (Å²) >= 11 is 0. The van der Waals surface area contributed by atoms with E-state index in [0.717, 1.165) is 12.0 Å². The normalized spacial score (nSPS) is 11.5. The van der Waals surface area contributed by atoms with Crippen molar-refractivity contribution in [2.24, 2.45) is 5.41 Å². The molecule has 0 N–H and O–H groups in total. The third-order valence-corrected chi connectivity index (χ3v) is 2.47. The second-order valence-electron chi connectivity index (χ2n) is 5.40. The van der Waals surface area contributed by atoms with Crippen molar-refractivity contribution >= 4 is 5.78 Å². The Balaban J connectivity index is 2.43. The molecule has 0 bridgehead atoms. The minimum atomic E-state index is -0.258. The molecule has 0 saturated carbocycles. The van der Waals surface area contributed by atoms with E-state index in [4.69, 9.17) is 0 Å². The van der Waals surface area contributed by atoms with Gasteiger partial charge in [0.25, 0.3) is 0 Å². The number of ketones is 1. The molecular weight excluding hydrogens is 203 g/mol. The fraction of sp³-hybridized carbons (Fsp3) is 0.500. The maximum atomic E-state index is 12.6. The highest BCUT2D eigenvalue weighted by Crippen LogP contribution is 2.21. The van der Waals surface area contributed by atoms with Crippen molar-refractivity contribution in [1.29, 1.82) is 0 Å². The van der Waals surface area contributed by atoms with Gasteiger partial charge in [-0.05, 0) is 29.5 Å². The molecule has 1 rings (SSSR count). The van der Waals surface area contributed by atoms with E-state index in [0.29, 0.717) is 12.8 Å². The molecule has 0 saturated heterocycles. The summed E-state index contributed by atoms with van der Waals surface area (Å²) in [7, 11) is 0. The van der Waals surface area contributed by atoms with Gasteiger partial charge in [-0.15, -0.1) is 0 Å². The van der Waals surface area contributed by atoms with Crippen LogP contribution in [0.2, 0.25) is 0 Å². The Morgan fingerprint density at radius 1 is 1.19 bits per heavy atom. The number of hydrogen-bond acceptors (Lipinski definition) is 1. The number of carbonyl (C=O) groups is 1. The van der Waals surface area contributed by atoms with Crippen molar-refractivity contribution in [3.63, 3.8) is 0 Å². The summed E-state index contributed by atoms with van der Waals surface area (Å²) in [4.78, 5) is 11.7. The quantitative estimate of drug-likeness (QED) is 0.758. The average molecular weight is 222 g/mol. The van der Waals surface area contributed by atoms with Crippen molar-refractivity contribution in [2.75, 3.05) is 0 Å². The molecule has 1 aromatic rings. The zero-order valence-corrected chi connectivity index (χ0v) is 10.2. The third kappa shape index (κ3) is 5.06. The summed E-state index contributed by atoms with van der Waals surface area (Å²) in [6, 6.07) is 6.13. The Bertz CT molecular complexity index is 346. The van der Waals surface area contributed by atoms with Gasteiger partial charge in [0.2, 0.25) is 0 Å². The van der Waals surface area contributed by atoms with Crippen LogP contribution in [-0.4, -0.2) is 5.78 Å². The predicted molar refractivity (Wildman–Crippen MR) is 63.8 cm³/mol. The summed E-state index contributed by atoms with van der Waals surface area (Å²) in [5.74, 6) is -0.0348. The number of benzene rings is 1. The molecule has 0 heterocycles. The zero-order chi connectivity index (χ0) is 12.2. The van der Waals surface area contributed by atoms with Gasteiger partial charge in [0.1, 0.15) is 11.6 Å². The van der Waals surface area contributed by atoms with Gasteiger partial charge in [-0.25, -0.2) is 4.39 Å². The molecular formula is C14H19FO. The Morgan fingerprint density at radius 3 is 2.25 bits per heavy atom. The predicted octanol–water partition coefficient (Wildman–Crippen LogP) is 3.76. The Morgan fingerprint density at radius 2 is 1.75 bits per heavy atom. The number of carbonyl (C=O) groups excluding carboxylic acids is 1. The van der Waals surface area contributed by atoms with Gasteiger partial charge in [0, 0.05) is 12.8 Å². The van der Waals surface area contributed by atoms with E-state index in [1.54, 1.807) is 12.1 Å². The molecule has 0 unspecified atom stereocenters. The van der Waals surface area contributed by atoms with E-state index in [-0.39, 0.29) is 17.0 Å². The van der Waals surface area contributed by atoms with Crippen LogP contribution in [0.3, 0.4) is 0 Å². The molecule has 0 radical (unpaired) electrons. The van der Waals surface area contributed by atoms with Crippen LogP contribution in [0.1, 0.15) is 39.2 Å². The lowest BCUT2D eigenvalue weighted by Gasteiger charge is -2.16. The molecule has 88 valence electrons. The summed E-state index contributed by atoms with van der Waals surface area (Å²) in [6.07, 6.45) is 1.91. The molecule has 0 fully saturated rings. The minimum absolute atomic E-state index is 0.193. The van der Waals surface area contributed by atoms with Gasteiger partial charge in [-0.1, -0.05) is 32.9 Å². The van der Waals surface area contributed by atoms with Crippen LogP contribution in [-0.2, 0) is 11.2 Å². The lowest BCUT2D eigenvalue weighted by molar-refractivity contribution is -0.118. The first-order chi connectivity index (χ1) is 7.37. The third-order valence-electron chi connectivity index (χ3n) is 2.47. The molecule has 0 amide bonds. The van der Waals surface area contributed by atoms with E-state index in [9.17, 15) is 9.18 Å². The van der Waals surface area contributed by atoms with E-state index in [1.165, 1.54) is 12.1 Å². The zero-order valence-electron chi connectivity index (χ0n) is 10.2. The minimum Gasteiger partial charge on any atom is -0.299 e. The summed E-state index contributed by atoms with van der Waals surface area (Å²) < 4.78 is 12.6. The highest BCUT2D eigenvalue weighted by molar-refractivity contribution is 5.80. The molecule has 16 heavy (non-hydrogen) atoms. The number of rotatable bonds is 4. The monoisotopic (exact) mass is 222 g/mol. The molecule has 0 atom stereocenters. The molecule has 0 aliphatic rings. The second kappa shape index (κ2) is 5.24.